The summed E-state index contributed by atoms with van der Waals surface area (Å²) >= 11 is 7.55. The number of aryl methyl sites for hydroxylation is 1. The highest BCUT2D eigenvalue weighted by atomic mass is 35.5. The number of hydrogen-bond donors (Lipinski definition) is 0. The van der Waals surface area contributed by atoms with Gasteiger partial charge in [-0.2, -0.15) is 0 Å². The highest BCUT2D eigenvalue weighted by Crippen LogP contribution is 2.20. The Morgan fingerprint density at radius 2 is 1.15 bits per heavy atom. The van der Waals surface area contributed by atoms with Crippen LogP contribution in [0.25, 0.3) is 0 Å². The minimum absolute atomic E-state index is 0.553. The molecule has 41 heavy (non-hydrogen) atoms. The Kier molecular flexibility index (Phi) is 23.2. The van der Waals surface area contributed by atoms with Crippen molar-refractivity contribution in [3.8, 4) is 5.75 Å². The average Bonchev–Trinajstić information content (AvgIpc) is 3.45. The van der Waals surface area contributed by atoms with Crippen LogP contribution >= 0.6 is 23.4 Å². The molecule has 2 aromatic rings. The number of unbranched alkanes of at least 4 members (excludes halogenated alkanes) is 20. The Labute approximate surface area is 261 Å². The first-order chi connectivity index (χ1) is 20.3. The summed E-state index contributed by atoms with van der Waals surface area (Å²) in [5.41, 5.74) is 1.13. The second kappa shape index (κ2) is 26.4. The molecule has 0 saturated carbocycles. The van der Waals surface area contributed by atoms with Crippen molar-refractivity contribution in [1.29, 1.82) is 0 Å². The van der Waals surface area contributed by atoms with Gasteiger partial charge in [-0.05, 0) is 37.0 Å². The van der Waals surface area contributed by atoms with Crippen LogP contribution in [-0.2, 0) is 12.3 Å². The van der Waals surface area contributed by atoms with E-state index in [9.17, 15) is 0 Å². The zero-order valence-corrected chi connectivity index (χ0v) is 27.8. The number of nitrogens with zero attached hydrogens (tertiary/aromatic N) is 2. The first kappa shape index (κ1) is 36.0. The quantitative estimate of drug-likeness (QED) is 0.0523. The molecule has 1 aromatic carbocycles. The molecule has 0 unspecified atom stereocenters. The molecule has 0 aliphatic carbocycles. The van der Waals surface area contributed by atoms with E-state index in [0.29, 0.717) is 5.88 Å². The molecule has 1 heterocycles. The topological polar surface area (TPSA) is 48.2 Å². The number of rotatable bonds is 29. The smallest absolute Gasteiger partial charge is 0.276 e. The highest BCUT2D eigenvalue weighted by molar-refractivity contribution is 7.99. The van der Waals surface area contributed by atoms with E-state index in [4.69, 9.17) is 20.8 Å². The Morgan fingerprint density at radius 1 is 0.634 bits per heavy atom. The van der Waals surface area contributed by atoms with Crippen molar-refractivity contribution in [1.82, 2.24) is 10.2 Å². The lowest BCUT2D eigenvalue weighted by atomic mass is 10.0. The van der Waals surface area contributed by atoms with Gasteiger partial charge in [0.2, 0.25) is 5.89 Å². The Hall–Kier alpha value is -1.20. The van der Waals surface area contributed by atoms with Crippen molar-refractivity contribution in [2.75, 3.05) is 12.4 Å². The number of hydrogen-bond acceptors (Lipinski definition) is 5. The number of halogens is 1. The van der Waals surface area contributed by atoms with Crippen molar-refractivity contribution in [3.63, 3.8) is 0 Å². The number of benzene rings is 1. The van der Waals surface area contributed by atoms with Gasteiger partial charge in [0.25, 0.3) is 5.22 Å². The molecule has 0 radical (unpaired) electrons. The van der Waals surface area contributed by atoms with E-state index >= 15 is 0 Å². The fraction of sp³-hybridized carbons (Fsp3) is 0.771. The summed E-state index contributed by atoms with van der Waals surface area (Å²) in [6.07, 6.45) is 30.5. The maximum Gasteiger partial charge on any atom is 0.276 e. The van der Waals surface area contributed by atoms with Gasteiger partial charge in [0.15, 0.2) is 0 Å². The second-order valence-corrected chi connectivity index (χ2v) is 12.9. The van der Waals surface area contributed by atoms with E-state index in [2.05, 4.69) is 17.1 Å². The van der Waals surface area contributed by atoms with Gasteiger partial charge in [-0.1, -0.05) is 153 Å². The van der Waals surface area contributed by atoms with Crippen molar-refractivity contribution in [2.45, 2.75) is 166 Å². The molecule has 0 saturated heterocycles. The van der Waals surface area contributed by atoms with Crippen molar-refractivity contribution in [2.24, 2.45) is 0 Å². The summed E-state index contributed by atoms with van der Waals surface area (Å²) in [5, 5.41) is 9.25. The van der Waals surface area contributed by atoms with Gasteiger partial charge in [0.1, 0.15) is 5.75 Å². The lowest BCUT2D eigenvalue weighted by molar-refractivity contribution is 0.304. The molecule has 0 aliphatic heterocycles. The van der Waals surface area contributed by atoms with Crippen LogP contribution in [0.1, 0.15) is 160 Å². The molecule has 0 amide bonds. The molecule has 234 valence electrons. The van der Waals surface area contributed by atoms with Crippen LogP contribution < -0.4 is 4.74 Å². The van der Waals surface area contributed by atoms with E-state index in [1.165, 1.54) is 128 Å². The summed E-state index contributed by atoms with van der Waals surface area (Å²) in [5.74, 6) is 3.39. The van der Waals surface area contributed by atoms with Crippen LogP contribution in [0, 0.1) is 0 Å². The molecule has 6 heteroatoms. The van der Waals surface area contributed by atoms with Gasteiger partial charge in [-0.15, -0.1) is 21.8 Å². The monoisotopic (exact) mass is 606 g/mol. The first-order valence-electron chi connectivity index (χ1n) is 17.0. The molecule has 0 spiro atoms. The van der Waals surface area contributed by atoms with Gasteiger partial charge in [-0.25, -0.2) is 0 Å². The van der Waals surface area contributed by atoms with Gasteiger partial charge in [0.05, 0.1) is 6.61 Å². The molecule has 0 N–H and O–H groups in total. The minimum atomic E-state index is 0.553. The van der Waals surface area contributed by atoms with Crippen LogP contribution in [0.15, 0.2) is 33.9 Å². The maximum absolute atomic E-state index is 5.85. The second-order valence-electron chi connectivity index (χ2n) is 11.6. The van der Waals surface area contributed by atoms with E-state index in [1.54, 1.807) is 11.8 Å². The zero-order chi connectivity index (χ0) is 29.1. The molecule has 1 aromatic heterocycles. The molecule has 4 nitrogen and oxygen atoms in total. The molecule has 0 fully saturated rings. The summed E-state index contributed by atoms with van der Waals surface area (Å²) in [7, 11) is 0. The summed E-state index contributed by atoms with van der Waals surface area (Å²) < 4.78 is 11.7. The van der Waals surface area contributed by atoms with E-state index < -0.39 is 0 Å². The van der Waals surface area contributed by atoms with Gasteiger partial charge < -0.3 is 9.15 Å². The lowest BCUT2D eigenvalue weighted by Crippen LogP contribution is -1.97. The molecule has 0 atom stereocenters. The zero-order valence-electron chi connectivity index (χ0n) is 26.2. The van der Waals surface area contributed by atoms with Gasteiger partial charge in [-0.3, -0.25) is 0 Å². The SMILES string of the molecule is CCCCCCCCCCCCCCCCSc1nnc(CCCCCCCCCCOc2ccc(CCl)cc2)o1. The molecule has 0 aliphatic rings. The standard InChI is InChI=1S/C35H59ClN2O2S/c1-2-3-4-5-6-7-8-9-10-11-14-17-20-23-30-41-35-38-37-34(40-35)24-21-18-15-12-13-16-19-22-29-39-33-27-25-32(31-36)26-28-33/h25-28H,2-24,29-31H2,1H3. The van der Waals surface area contributed by atoms with Crippen molar-refractivity contribution < 1.29 is 9.15 Å². The number of alkyl halides is 1. The molecule has 2 rings (SSSR count). The first-order valence-corrected chi connectivity index (χ1v) is 18.6. The number of ether oxygens (including phenoxy) is 1. The van der Waals surface area contributed by atoms with Crippen LogP contribution in [0.3, 0.4) is 0 Å². The normalized spacial score (nSPS) is 11.4. The third-order valence-electron chi connectivity index (χ3n) is 7.80. The predicted molar refractivity (Wildman–Crippen MR) is 177 cm³/mol. The van der Waals surface area contributed by atoms with Gasteiger partial charge in [0, 0.05) is 18.1 Å². The molecular formula is C35H59ClN2O2S. The third-order valence-corrected chi connectivity index (χ3v) is 9.02. The van der Waals surface area contributed by atoms with Crippen LogP contribution in [0.2, 0.25) is 0 Å². The Morgan fingerprint density at radius 3 is 1.71 bits per heavy atom. The predicted octanol–water partition coefficient (Wildman–Crippen LogP) is 12.1. The summed E-state index contributed by atoms with van der Waals surface area (Å²) in [4.78, 5) is 0. The molecule has 0 bridgehead atoms. The summed E-state index contributed by atoms with van der Waals surface area (Å²) in [6, 6.07) is 8.07. The third kappa shape index (κ3) is 20.4. The minimum Gasteiger partial charge on any atom is -0.494 e. The Bertz CT molecular complexity index is 830. The van der Waals surface area contributed by atoms with Crippen LogP contribution in [0.5, 0.6) is 5.75 Å². The van der Waals surface area contributed by atoms with E-state index in [1.807, 2.05) is 24.3 Å². The highest BCUT2D eigenvalue weighted by Gasteiger charge is 2.06. The van der Waals surface area contributed by atoms with Crippen LogP contribution in [-0.4, -0.2) is 22.6 Å². The number of thioether (sulfide) groups is 1. The van der Waals surface area contributed by atoms with Crippen molar-refractivity contribution in [3.05, 3.63) is 35.7 Å². The van der Waals surface area contributed by atoms with Gasteiger partial charge >= 0.3 is 0 Å². The fourth-order valence-corrected chi connectivity index (χ4v) is 6.11. The van der Waals surface area contributed by atoms with Crippen LogP contribution in [0.4, 0.5) is 0 Å². The van der Waals surface area contributed by atoms with E-state index in [0.717, 1.165) is 54.0 Å². The maximum atomic E-state index is 5.85. The van der Waals surface area contributed by atoms with E-state index in [-0.39, 0.29) is 0 Å². The lowest BCUT2D eigenvalue weighted by Gasteiger charge is -2.06. The largest absolute Gasteiger partial charge is 0.494 e. The summed E-state index contributed by atoms with van der Waals surface area (Å²) in [6.45, 7) is 3.09. The fourth-order valence-electron chi connectivity index (χ4n) is 5.16. The number of aromatic nitrogens is 2. The Balaban J connectivity index is 1.30. The average molecular weight is 607 g/mol. The molecular weight excluding hydrogens is 548 g/mol. The van der Waals surface area contributed by atoms with Crippen molar-refractivity contribution >= 4 is 23.4 Å².